The number of hydrogen-bond acceptors (Lipinski definition) is 5. The molecule has 0 aliphatic rings. The van der Waals surface area contributed by atoms with Gasteiger partial charge in [0.05, 0.1) is 11.5 Å². The Hall–Kier alpha value is -1.14. The Labute approximate surface area is 140 Å². The van der Waals surface area contributed by atoms with Crippen molar-refractivity contribution in [2.45, 2.75) is 53.1 Å². The van der Waals surface area contributed by atoms with Gasteiger partial charge >= 0.3 is 5.97 Å². The lowest BCUT2D eigenvalue weighted by molar-refractivity contribution is -0.141. The van der Waals surface area contributed by atoms with Gasteiger partial charge in [-0.2, -0.15) is 0 Å². The molecule has 0 spiro atoms. The van der Waals surface area contributed by atoms with Crippen molar-refractivity contribution in [2.75, 3.05) is 18.1 Å². The highest BCUT2D eigenvalue weighted by Gasteiger charge is 2.19. The number of esters is 1. The van der Waals surface area contributed by atoms with Gasteiger partial charge < -0.3 is 9.84 Å². The maximum absolute atomic E-state index is 12.0. The molecule has 0 heterocycles. The number of ether oxygens (including phenoxy) is 1. The van der Waals surface area contributed by atoms with Crippen molar-refractivity contribution in [3.63, 3.8) is 0 Å². The molecular weight excluding hydrogens is 316 g/mol. The van der Waals surface area contributed by atoms with Crippen LogP contribution in [0, 0.1) is 5.92 Å². The minimum atomic E-state index is -3.36. The third-order valence-electron chi connectivity index (χ3n) is 3.34. The Bertz CT molecular complexity index is 515. The lowest BCUT2D eigenvalue weighted by atomic mass is 10.0. The van der Waals surface area contributed by atoms with Crippen molar-refractivity contribution in [1.82, 2.24) is 0 Å². The van der Waals surface area contributed by atoms with Crippen molar-refractivity contribution in [3.8, 4) is 0 Å². The fourth-order valence-electron chi connectivity index (χ4n) is 1.90. The lowest BCUT2D eigenvalue weighted by Gasteiger charge is -2.14. The molecule has 134 valence electrons. The molecule has 5 nitrogen and oxygen atoms in total. The maximum atomic E-state index is 12.0. The molecule has 6 heteroatoms. The Morgan fingerprint density at radius 2 is 1.87 bits per heavy atom. The molecule has 0 aromatic carbocycles. The topological polar surface area (TPSA) is 80.7 Å². The van der Waals surface area contributed by atoms with Crippen LogP contribution in [0.5, 0.6) is 0 Å². The van der Waals surface area contributed by atoms with Gasteiger partial charge in [0.2, 0.25) is 0 Å². The van der Waals surface area contributed by atoms with Gasteiger partial charge in [-0.05, 0) is 46.0 Å². The molecular formula is C17H30O5S. The maximum Gasteiger partial charge on any atom is 0.333 e. The molecule has 0 bridgehead atoms. The standard InChI is InChI=1S/C17H30O5S/c1-13(2)7-6-8-15(5)9-10-23(20,21)12-16(18)11-22-17(19)14(3)4/h7,15-16,18H,3,6,8-12H2,1-2,4-5H3. The van der Waals surface area contributed by atoms with Crippen LogP contribution in [0.4, 0.5) is 0 Å². The van der Waals surface area contributed by atoms with Crippen LogP contribution in [0.25, 0.3) is 0 Å². The van der Waals surface area contributed by atoms with Crippen LogP contribution < -0.4 is 0 Å². The molecule has 23 heavy (non-hydrogen) atoms. The second-order valence-corrected chi connectivity index (χ2v) is 8.63. The number of rotatable bonds is 11. The number of carbonyl (C=O) groups is 1. The summed E-state index contributed by atoms with van der Waals surface area (Å²) in [6.45, 7) is 10.7. The summed E-state index contributed by atoms with van der Waals surface area (Å²) in [5.74, 6) is -0.681. The number of hydrogen-bond donors (Lipinski definition) is 1. The van der Waals surface area contributed by atoms with Gasteiger partial charge in [-0.3, -0.25) is 0 Å². The molecule has 0 saturated carbocycles. The van der Waals surface area contributed by atoms with Crippen LogP contribution in [0.1, 0.15) is 47.0 Å². The molecule has 0 aromatic heterocycles. The fraction of sp³-hybridized carbons (Fsp3) is 0.706. The smallest absolute Gasteiger partial charge is 0.333 e. The fourth-order valence-corrected chi connectivity index (χ4v) is 3.51. The number of aliphatic hydroxyl groups is 1. The Balaban J connectivity index is 4.15. The van der Waals surface area contributed by atoms with E-state index in [2.05, 4.69) is 12.7 Å². The van der Waals surface area contributed by atoms with Gasteiger partial charge in [0.25, 0.3) is 0 Å². The first kappa shape index (κ1) is 21.9. The minimum Gasteiger partial charge on any atom is -0.460 e. The number of aliphatic hydroxyl groups excluding tert-OH is 1. The van der Waals surface area contributed by atoms with Crippen molar-refractivity contribution < 1.29 is 23.1 Å². The zero-order valence-corrected chi connectivity index (χ0v) is 15.5. The summed E-state index contributed by atoms with van der Waals surface area (Å²) >= 11 is 0. The first-order valence-electron chi connectivity index (χ1n) is 7.88. The number of carbonyl (C=O) groups excluding carboxylic acids is 1. The van der Waals surface area contributed by atoms with Gasteiger partial charge in [0.15, 0.2) is 9.84 Å². The first-order valence-corrected chi connectivity index (χ1v) is 9.70. The molecule has 2 unspecified atom stereocenters. The van der Waals surface area contributed by atoms with E-state index in [1.54, 1.807) is 0 Å². The van der Waals surface area contributed by atoms with E-state index in [4.69, 9.17) is 4.74 Å². The Morgan fingerprint density at radius 1 is 1.26 bits per heavy atom. The highest BCUT2D eigenvalue weighted by molar-refractivity contribution is 7.91. The molecule has 0 rings (SSSR count). The normalized spacial score (nSPS) is 14.0. The third kappa shape index (κ3) is 12.0. The van der Waals surface area contributed by atoms with Crippen LogP contribution in [-0.2, 0) is 19.4 Å². The Morgan fingerprint density at radius 3 is 2.39 bits per heavy atom. The second kappa shape index (κ2) is 10.6. The lowest BCUT2D eigenvalue weighted by Crippen LogP contribution is -2.29. The van der Waals surface area contributed by atoms with Crippen molar-refractivity contribution in [1.29, 1.82) is 0 Å². The zero-order valence-electron chi connectivity index (χ0n) is 14.7. The summed E-state index contributed by atoms with van der Waals surface area (Å²) in [6, 6.07) is 0. The summed E-state index contributed by atoms with van der Waals surface area (Å²) in [7, 11) is -3.36. The molecule has 0 amide bonds. The molecule has 0 aliphatic heterocycles. The molecule has 1 N–H and O–H groups in total. The van der Waals surface area contributed by atoms with Crippen LogP contribution in [0.3, 0.4) is 0 Å². The summed E-state index contributed by atoms with van der Waals surface area (Å²) in [5, 5.41) is 9.69. The van der Waals surface area contributed by atoms with Crippen molar-refractivity contribution in [3.05, 3.63) is 23.8 Å². The summed E-state index contributed by atoms with van der Waals surface area (Å²) in [4.78, 5) is 11.2. The molecule has 0 aliphatic carbocycles. The van der Waals surface area contributed by atoms with E-state index in [9.17, 15) is 18.3 Å². The van der Waals surface area contributed by atoms with E-state index in [0.717, 1.165) is 12.8 Å². The predicted molar refractivity (Wildman–Crippen MR) is 92.9 cm³/mol. The third-order valence-corrected chi connectivity index (χ3v) is 5.09. The largest absolute Gasteiger partial charge is 0.460 e. The predicted octanol–water partition coefficient (Wildman–Crippen LogP) is 2.65. The van der Waals surface area contributed by atoms with Crippen LogP contribution in [-0.4, -0.2) is 43.7 Å². The summed E-state index contributed by atoms with van der Waals surface area (Å²) in [5.41, 5.74) is 1.47. The SMILES string of the molecule is C=C(C)C(=O)OCC(O)CS(=O)(=O)CCC(C)CCC=C(C)C. The van der Waals surface area contributed by atoms with Crippen LogP contribution in [0.2, 0.25) is 0 Å². The minimum absolute atomic E-state index is 0.0362. The monoisotopic (exact) mass is 346 g/mol. The van der Waals surface area contributed by atoms with Crippen LogP contribution in [0.15, 0.2) is 23.8 Å². The van der Waals surface area contributed by atoms with E-state index in [0.29, 0.717) is 12.3 Å². The highest BCUT2D eigenvalue weighted by atomic mass is 32.2. The van der Waals surface area contributed by atoms with Crippen molar-refractivity contribution >= 4 is 15.8 Å². The molecule has 2 atom stereocenters. The van der Waals surface area contributed by atoms with E-state index in [1.165, 1.54) is 12.5 Å². The Kier molecular flexibility index (Phi) is 10.1. The van der Waals surface area contributed by atoms with Gasteiger partial charge in [-0.25, -0.2) is 13.2 Å². The molecule has 0 fully saturated rings. The highest BCUT2D eigenvalue weighted by Crippen LogP contribution is 2.13. The van der Waals surface area contributed by atoms with E-state index in [-0.39, 0.29) is 17.9 Å². The summed E-state index contributed by atoms with van der Waals surface area (Å²) < 4.78 is 28.7. The molecule has 0 radical (unpaired) electrons. The van der Waals surface area contributed by atoms with Crippen molar-refractivity contribution in [2.24, 2.45) is 5.92 Å². The van der Waals surface area contributed by atoms with E-state index >= 15 is 0 Å². The number of sulfone groups is 1. The number of allylic oxidation sites excluding steroid dienone is 2. The van der Waals surface area contributed by atoms with E-state index in [1.807, 2.05) is 20.8 Å². The molecule has 0 aromatic rings. The molecule has 0 saturated heterocycles. The van der Waals surface area contributed by atoms with Gasteiger partial charge in [0.1, 0.15) is 12.7 Å². The summed E-state index contributed by atoms with van der Waals surface area (Å²) in [6.07, 6.45) is 3.40. The van der Waals surface area contributed by atoms with Gasteiger partial charge in [0, 0.05) is 5.57 Å². The van der Waals surface area contributed by atoms with E-state index < -0.39 is 27.7 Å². The average molecular weight is 346 g/mol. The first-order chi connectivity index (χ1) is 10.5. The quantitative estimate of drug-likeness (QED) is 0.353. The average Bonchev–Trinajstić information content (AvgIpc) is 2.41. The van der Waals surface area contributed by atoms with Gasteiger partial charge in [-0.1, -0.05) is 25.2 Å². The second-order valence-electron chi connectivity index (χ2n) is 6.40. The van der Waals surface area contributed by atoms with Crippen LogP contribution >= 0.6 is 0 Å². The van der Waals surface area contributed by atoms with Gasteiger partial charge in [-0.15, -0.1) is 0 Å². The zero-order chi connectivity index (χ0) is 18.0.